The summed E-state index contributed by atoms with van der Waals surface area (Å²) in [5, 5.41) is 9.24. The number of hydrogen-bond acceptors (Lipinski definition) is 3. The Morgan fingerprint density at radius 3 is 2.87 bits per heavy atom. The van der Waals surface area contributed by atoms with Gasteiger partial charge in [0.05, 0.1) is 0 Å². The maximum Gasteiger partial charge on any atom is 0.191 e. The Kier molecular flexibility index (Phi) is 7.16. The van der Waals surface area contributed by atoms with E-state index in [1.165, 1.54) is 24.1 Å². The van der Waals surface area contributed by atoms with E-state index in [0.717, 1.165) is 25.1 Å². The minimum Gasteiger partial charge on any atom is -0.356 e. The molecular formula is C17H29IN4S. The Labute approximate surface area is 161 Å². The molecule has 3 atom stereocenters. The zero-order chi connectivity index (χ0) is 15.5. The van der Waals surface area contributed by atoms with Crippen LogP contribution in [-0.2, 0) is 0 Å². The minimum atomic E-state index is 0. The van der Waals surface area contributed by atoms with E-state index < -0.39 is 0 Å². The lowest BCUT2D eigenvalue weighted by Gasteiger charge is -2.20. The van der Waals surface area contributed by atoms with E-state index >= 15 is 0 Å². The van der Waals surface area contributed by atoms with Gasteiger partial charge in [0.25, 0.3) is 0 Å². The minimum absolute atomic E-state index is 0. The van der Waals surface area contributed by atoms with Crippen LogP contribution in [0.4, 0.5) is 0 Å². The average molecular weight is 448 g/mol. The van der Waals surface area contributed by atoms with Crippen LogP contribution in [0.1, 0.15) is 43.9 Å². The molecule has 3 rings (SSSR count). The van der Waals surface area contributed by atoms with Crippen LogP contribution in [0.25, 0.3) is 0 Å². The molecule has 0 bridgehead atoms. The van der Waals surface area contributed by atoms with Crippen LogP contribution >= 0.6 is 35.3 Å². The molecule has 130 valence electrons. The first kappa shape index (κ1) is 19.0. The smallest absolute Gasteiger partial charge is 0.191 e. The summed E-state index contributed by atoms with van der Waals surface area (Å²) >= 11 is 1.83. The standard InChI is InChI=1S/C17H28N4S.HI/c1-12(16-5-4-8-22-16)10-19-17(18-3)20-14-9-13(2)21(11-14)15-6-7-15;/h4-5,8,12-15H,6-7,9-11H2,1-3H3,(H2,18,19,20);1H. The number of aliphatic imine (C=N–C) groups is 1. The van der Waals surface area contributed by atoms with Gasteiger partial charge in [-0.2, -0.15) is 0 Å². The van der Waals surface area contributed by atoms with E-state index in [4.69, 9.17) is 0 Å². The molecule has 3 unspecified atom stereocenters. The van der Waals surface area contributed by atoms with Gasteiger partial charge in [-0.15, -0.1) is 35.3 Å². The second-order valence-corrected chi connectivity index (χ2v) is 7.70. The Hall–Kier alpha value is -0.340. The summed E-state index contributed by atoms with van der Waals surface area (Å²) in [7, 11) is 1.86. The van der Waals surface area contributed by atoms with Gasteiger partial charge in [-0.05, 0) is 37.6 Å². The van der Waals surface area contributed by atoms with Crippen molar-refractivity contribution in [2.45, 2.75) is 57.2 Å². The second kappa shape index (κ2) is 8.67. The van der Waals surface area contributed by atoms with Gasteiger partial charge in [-0.3, -0.25) is 9.89 Å². The van der Waals surface area contributed by atoms with Crippen molar-refractivity contribution in [1.29, 1.82) is 0 Å². The van der Waals surface area contributed by atoms with Crippen molar-refractivity contribution < 1.29 is 0 Å². The maximum absolute atomic E-state index is 4.39. The molecule has 0 radical (unpaired) electrons. The monoisotopic (exact) mass is 448 g/mol. The molecule has 2 heterocycles. The van der Waals surface area contributed by atoms with Crippen molar-refractivity contribution in [3.63, 3.8) is 0 Å². The molecule has 0 spiro atoms. The summed E-state index contributed by atoms with van der Waals surface area (Å²) in [4.78, 5) is 8.49. The van der Waals surface area contributed by atoms with Crippen molar-refractivity contribution in [3.05, 3.63) is 22.4 Å². The fraction of sp³-hybridized carbons (Fsp3) is 0.706. The average Bonchev–Trinajstić information content (AvgIpc) is 3.07. The number of likely N-dealkylation sites (tertiary alicyclic amines) is 1. The highest BCUT2D eigenvalue weighted by atomic mass is 127. The van der Waals surface area contributed by atoms with Gasteiger partial charge in [0.2, 0.25) is 0 Å². The van der Waals surface area contributed by atoms with E-state index in [1.54, 1.807) is 0 Å². The van der Waals surface area contributed by atoms with Gasteiger partial charge < -0.3 is 10.6 Å². The first-order chi connectivity index (χ1) is 10.7. The highest BCUT2D eigenvalue weighted by Crippen LogP contribution is 2.33. The van der Waals surface area contributed by atoms with Crippen LogP contribution in [0, 0.1) is 0 Å². The fourth-order valence-corrected chi connectivity index (χ4v) is 4.17. The van der Waals surface area contributed by atoms with Crippen LogP contribution in [0.3, 0.4) is 0 Å². The van der Waals surface area contributed by atoms with Gasteiger partial charge in [0, 0.05) is 49.1 Å². The summed E-state index contributed by atoms with van der Waals surface area (Å²) in [6, 6.07) is 6.41. The Bertz CT molecular complexity index is 501. The molecule has 4 nitrogen and oxygen atoms in total. The quantitative estimate of drug-likeness (QED) is 0.413. The molecule has 2 fully saturated rings. The third-order valence-corrected chi connectivity index (χ3v) is 5.91. The van der Waals surface area contributed by atoms with Gasteiger partial charge in [-0.25, -0.2) is 0 Å². The summed E-state index contributed by atoms with van der Waals surface area (Å²) in [6.45, 7) is 6.70. The molecule has 2 aliphatic rings. The van der Waals surface area contributed by atoms with Crippen LogP contribution in [-0.4, -0.2) is 49.1 Å². The number of nitrogens with zero attached hydrogens (tertiary/aromatic N) is 2. The lowest BCUT2D eigenvalue weighted by atomic mass is 10.1. The summed E-state index contributed by atoms with van der Waals surface area (Å²) in [5.41, 5.74) is 0. The zero-order valence-corrected chi connectivity index (χ0v) is 17.4. The van der Waals surface area contributed by atoms with Crippen molar-refractivity contribution >= 4 is 41.3 Å². The van der Waals surface area contributed by atoms with Gasteiger partial charge in [0.1, 0.15) is 0 Å². The first-order valence-corrected chi connectivity index (χ1v) is 9.31. The van der Waals surface area contributed by atoms with Crippen molar-refractivity contribution in [2.24, 2.45) is 4.99 Å². The molecular weight excluding hydrogens is 419 g/mol. The number of rotatable bonds is 5. The molecule has 2 N–H and O–H groups in total. The number of halogens is 1. The molecule has 0 amide bonds. The van der Waals surface area contributed by atoms with Gasteiger partial charge in [-0.1, -0.05) is 13.0 Å². The van der Waals surface area contributed by atoms with E-state index in [2.05, 4.69) is 51.9 Å². The van der Waals surface area contributed by atoms with Crippen molar-refractivity contribution in [2.75, 3.05) is 20.1 Å². The second-order valence-electron chi connectivity index (χ2n) is 6.72. The number of nitrogens with one attached hydrogen (secondary N) is 2. The van der Waals surface area contributed by atoms with Crippen LogP contribution in [0.15, 0.2) is 22.5 Å². The largest absolute Gasteiger partial charge is 0.356 e. The Morgan fingerprint density at radius 1 is 1.48 bits per heavy atom. The topological polar surface area (TPSA) is 39.7 Å². The Balaban J connectivity index is 0.00000192. The molecule has 1 aliphatic carbocycles. The molecule has 1 aromatic heterocycles. The predicted octanol–water partition coefficient (Wildman–Crippen LogP) is 3.26. The van der Waals surface area contributed by atoms with E-state index in [0.29, 0.717) is 18.0 Å². The Morgan fingerprint density at radius 2 is 2.26 bits per heavy atom. The van der Waals surface area contributed by atoms with Gasteiger partial charge >= 0.3 is 0 Å². The van der Waals surface area contributed by atoms with Crippen LogP contribution < -0.4 is 10.6 Å². The van der Waals surface area contributed by atoms with E-state index in [-0.39, 0.29) is 24.0 Å². The molecule has 6 heteroatoms. The zero-order valence-electron chi connectivity index (χ0n) is 14.3. The molecule has 0 aromatic carbocycles. The summed E-state index contributed by atoms with van der Waals surface area (Å²) < 4.78 is 0. The maximum atomic E-state index is 4.39. The number of thiophene rings is 1. The third-order valence-electron chi connectivity index (χ3n) is 4.81. The molecule has 1 aromatic rings. The first-order valence-electron chi connectivity index (χ1n) is 8.43. The molecule has 1 saturated heterocycles. The van der Waals surface area contributed by atoms with Crippen LogP contribution in [0.2, 0.25) is 0 Å². The van der Waals surface area contributed by atoms with Crippen molar-refractivity contribution in [3.8, 4) is 0 Å². The number of guanidine groups is 1. The molecule has 1 saturated carbocycles. The highest BCUT2D eigenvalue weighted by Gasteiger charge is 2.38. The van der Waals surface area contributed by atoms with E-state index in [1.807, 2.05) is 18.4 Å². The van der Waals surface area contributed by atoms with E-state index in [9.17, 15) is 0 Å². The fourth-order valence-electron chi connectivity index (χ4n) is 3.39. The number of hydrogen-bond donors (Lipinski definition) is 2. The highest BCUT2D eigenvalue weighted by molar-refractivity contribution is 14.0. The molecule has 23 heavy (non-hydrogen) atoms. The predicted molar refractivity (Wildman–Crippen MR) is 110 cm³/mol. The van der Waals surface area contributed by atoms with Crippen molar-refractivity contribution in [1.82, 2.24) is 15.5 Å². The third kappa shape index (κ3) is 5.06. The lowest BCUT2D eigenvalue weighted by Crippen LogP contribution is -2.45. The normalized spacial score (nSPS) is 26.7. The lowest BCUT2D eigenvalue weighted by molar-refractivity contribution is 0.256. The molecule has 1 aliphatic heterocycles. The summed E-state index contributed by atoms with van der Waals surface area (Å²) in [5.74, 6) is 1.46. The SMILES string of the molecule is CN=C(NCC(C)c1cccs1)NC1CC(C)N(C2CC2)C1.I. The van der Waals surface area contributed by atoms with Crippen LogP contribution in [0.5, 0.6) is 0 Å². The van der Waals surface area contributed by atoms with Gasteiger partial charge in [0.15, 0.2) is 5.96 Å². The summed E-state index contributed by atoms with van der Waals surface area (Å²) in [6.07, 6.45) is 4.00.